The highest BCUT2D eigenvalue weighted by atomic mass is 19.3. The lowest BCUT2D eigenvalue weighted by molar-refractivity contribution is -0.0158. The molecule has 0 N–H and O–H groups in total. The Morgan fingerprint density at radius 2 is 1.88 bits per heavy atom. The Kier molecular flexibility index (Phi) is 4.26. The van der Waals surface area contributed by atoms with Crippen LogP contribution in [0.5, 0.6) is 5.75 Å². The average molecular weight is 345 g/mol. The number of halogens is 2. The number of ether oxygens (including phenoxy) is 1. The monoisotopic (exact) mass is 345 g/mol. The van der Waals surface area contributed by atoms with Gasteiger partial charge in [0.2, 0.25) is 11.6 Å². The van der Waals surface area contributed by atoms with Gasteiger partial charge in [0.25, 0.3) is 5.89 Å². The quantitative estimate of drug-likeness (QED) is 0.659. The second-order valence-electron chi connectivity index (χ2n) is 5.30. The van der Waals surface area contributed by atoms with E-state index < -0.39 is 11.8 Å². The van der Waals surface area contributed by atoms with Crippen LogP contribution in [-0.2, 0) is 5.92 Å². The van der Waals surface area contributed by atoms with Crippen molar-refractivity contribution in [1.82, 2.24) is 15.1 Å². The molecule has 128 valence electrons. The molecule has 0 saturated heterocycles. The van der Waals surface area contributed by atoms with Crippen molar-refractivity contribution in [3.05, 3.63) is 59.7 Å². The molecule has 0 atom stereocenters. The second-order valence-corrected chi connectivity index (χ2v) is 5.30. The molecule has 3 aromatic rings. The minimum Gasteiger partial charge on any atom is -0.495 e. The molecule has 0 aliphatic rings. The Morgan fingerprint density at radius 1 is 1.16 bits per heavy atom. The summed E-state index contributed by atoms with van der Waals surface area (Å²) in [7, 11) is 1.51. The van der Waals surface area contributed by atoms with Crippen LogP contribution in [0.25, 0.3) is 11.4 Å². The van der Waals surface area contributed by atoms with E-state index in [1.165, 1.54) is 13.3 Å². The zero-order valence-corrected chi connectivity index (χ0v) is 13.4. The number of pyridine rings is 1. The van der Waals surface area contributed by atoms with Crippen molar-refractivity contribution in [2.45, 2.75) is 12.8 Å². The lowest BCUT2D eigenvalue weighted by Crippen LogP contribution is -2.07. The predicted octanol–water partition coefficient (Wildman–Crippen LogP) is 3.48. The van der Waals surface area contributed by atoms with Crippen LogP contribution in [0.3, 0.4) is 0 Å². The third-order valence-electron chi connectivity index (χ3n) is 3.41. The minimum atomic E-state index is -3.21. The molecule has 0 saturated carbocycles. The summed E-state index contributed by atoms with van der Waals surface area (Å²) in [5.74, 6) is -3.67. The maximum atomic E-state index is 13.1. The van der Waals surface area contributed by atoms with Gasteiger partial charge in [-0.15, -0.1) is 0 Å². The molecule has 1 aromatic carbocycles. The fourth-order valence-corrected chi connectivity index (χ4v) is 2.07. The molecule has 0 unspecified atom stereocenters. The first-order chi connectivity index (χ1) is 11.9. The molecule has 6 nitrogen and oxygen atoms in total. The molecule has 8 heteroatoms. The Hall–Kier alpha value is -3.16. The smallest absolute Gasteiger partial charge is 0.322 e. The molecule has 2 aromatic heterocycles. The van der Waals surface area contributed by atoms with E-state index in [-0.39, 0.29) is 17.3 Å². The highest BCUT2D eigenvalue weighted by molar-refractivity contribution is 6.07. The molecule has 0 radical (unpaired) electrons. The number of nitrogens with zero attached hydrogens (tertiary/aromatic N) is 3. The number of hydrogen-bond acceptors (Lipinski definition) is 6. The molecular formula is C17H13F2N3O3. The van der Waals surface area contributed by atoms with Gasteiger partial charge in [-0.3, -0.25) is 4.79 Å². The van der Waals surface area contributed by atoms with Gasteiger partial charge in [0.05, 0.1) is 13.3 Å². The molecule has 0 bridgehead atoms. The first-order valence-electron chi connectivity index (χ1n) is 7.25. The van der Waals surface area contributed by atoms with E-state index in [0.717, 1.165) is 0 Å². The Balaban J connectivity index is 1.81. The van der Waals surface area contributed by atoms with Gasteiger partial charge in [0.1, 0.15) is 11.4 Å². The van der Waals surface area contributed by atoms with Crippen molar-refractivity contribution in [2.75, 3.05) is 7.11 Å². The molecule has 0 aliphatic heterocycles. The summed E-state index contributed by atoms with van der Waals surface area (Å²) in [4.78, 5) is 20.1. The zero-order chi connectivity index (χ0) is 18.0. The van der Waals surface area contributed by atoms with Gasteiger partial charge in [-0.05, 0) is 12.1 Å². The number of rotatable bonds is 5. The van der Waals surface area contributed by atoms with Crippen LogP contribution in [0, 0.1) is 0 Å². The summed E-state index contributed by atoms with van der Waals surface area (Å²) in [6.07, 6.45) is 1.45. The van der Waals surface area contributed by atoms with Crippen molar-refractivity contribution in [2.24, 2.45) is 0 Å². The van der Waals surface area contributed by atoms with Crippen LogP contribution in [0.1, 0.15) is 28.9 Å². The molecule has 0 spiro atoms. The van der Waals surface area contributed by atoms with Crippen LogP contribution in [-0.4, -0.2) is 28.0 Å². The van der Waals surface area contributed by atoms with Crippen molar-refractivity contribution >= 4 is 5.78 Å². The van der Waals surface area contributed by atoms with Crippen molar-refractivity contribution in [3.63, 3.8) is 0 Å². The number of methoxy groups -OCH3 is 1. The molecule has 2 heterocycles. The van der Waals surface area contributed by atoms with Crippen molar-refractivity contribution < 1.29 is 22.8 Å². The van der Waals surface area contributed by atoms with Crippen LogP contribution >= 0.6 is 0 Å². The summed E-state index contributed by atoms with van der Waals surface area (Å²) < 4.78 is 35.8. The number of hydrogen-bond donors (Lipinski definition) is 0. The molecule has 0 fully saturated rings. The van der Waals surface area contributed by atoms with Crippen molar-refractivity contribution in [1.29, 1.82) is 0 Å². The van der Waals surface area contributed by atoms with Gasteiger partial charge in [-0.2, -0.15) is 13.8 Å². The van der Waals surface area contributed by atoms with E-state index in [1.54, 1.807) is 36.4 Å². The third kappa shape index (κ3) is 3.52. The largest absolute Gasteiger partial charge is 0.495 e. The number of aromatic nitrogens is 3. The number of carbonyl (C=O) groups excluding carboxylic acids is 1. The van der Waals surface area contributed by atoms with E-state index in [4.69, 9.17) is 4.74 Å². The molecule has 0 aliphatic carbocycles. The summed E-state index contributed by atoms with van der Waals surface area (Å²) in [6, 6.07) is 9.40. The summed E-state index contributed by atoms with van der Waals surface area (Å²) >= 11 is 0. The SMILES string of the molecule is COc1ccc(C(=O)c2ccc(-c3noc(C(C)(F)F)n3)cc2)nc1. The third-order valence-corrected chi connectivity index (χ3v) is 3.41. The van der Waals surface area contributed by atoms with Crippen LogP contribution in [0.15, 0.2) is 47.1 Å². The first kappa shape index (κ1) is 16.7. The molecule has 3 rings (SSSR count). The zero-order valence-electron chi connectivity index (χ0n) is 13.4. The highest BCUT2D eigenvalue weighted by Gasteiger charge is 2.32. The van der Waals surface area contributed by atoms with Gasteiger partial charge >= 0.3 is 5.92 Å². The van der Waals surface area contributed by atoms with E-state index >= 15 is 0 Å². The predicted molar refractivity (Wildman–Crippen MR) is 83.5 cm³/mol. The summed E-state index contributed by atoms with van der Waals surface area (Å²) in [6.45, 7) is 0.675. The van der Waals surface area contributed by atoms with E-state index in [0.29, 0.717) is 23.8 Å². The molecule has 25 heavy (non-hydrogen) atoms. The maximum absolute atomic E-state index is 13.1. The minimum absolute atomic E-state index is 0.0260. The standard InChI is InChI=1S/C17H13F2N3O3/c1-17(18,19)16-21-15(22-25-16)11-5-3-10(4-6-11)14(23)13-8-7-12(24-2)9-20-13/h3-9H,1-2H3. The first-order valence-corrected chi connectivity index (χ1v) is 7.25. The Labute approximate surface area is 141 Å². The second kappa shape index (κ2) is 6.39. The van der Waals surface area contributed by atoms with Gasteiger partial charge in [-0.1, -0.05) is 29.4 Å². The number of benzene rings is 1. The lowest BCUT2D eigenvalue weighted by Gasteiger charge is -2.03. The fraction of sp³-hybridized carbons (Fsp3) is 0.176. The topological polar surface area (TPSA) is 78.1 Å². The van der Waals surface area contributed by atoms with E-state index in [2.05, 4.69) is 19.6 Å². The van der Waals surface area contributed by atoms with Crippen molar-refractivity contribution in [3.8, 4) is 17.1 Å². The Bertz CT molecular complexity index is 885. The van der Waals surface area contributed by atoms with Gasteiger partial charge in [0.15, 0.2) is 0 Å². The van der Waals surface area contributed by atoms with E-state index in [1.807, 2.05) is 0 Å². The van der Waals surface area contributed by atoms with Crippen LogP contribution < -0.4 is 4.74 Å². The highest BCUT2D eigenvalue weighted by Crippen LogP contribution is 2.27. The normalized spacial score (nSPS) is 11.4. The number of alkyl halides is 2. The lowest BCUT2D eigenvalue weighted by atomic mass is 10.1. The van der Waals surface area contributed by atoms with Crippen LogP contribution in [0.2, 0.25) is 0 Å². The van der Waals surface area contributed by atoms with Gasteiger partial charge in [0, 0.05) is 18.1 Å². The number of carbonyl (C=O) groups is 1. The van der Waals surface area contributed by atoms with E-state index in [9.17, 15) is 13.6 Å². The molecular weight excluding hydrogens is 332 g/mol. The van der Waals surface area contributed by atoms with Gasteiger partial charge < -0.3 is 9.26 Å². The van der Waals surface area contributed by atoms with Gasteiger partial charge in [-0.25, -0.2) is 4.98 Å². The summed E-state index contributed by atoms with van der Waals surface area (Å²) in [5, 5.41) is 3.53. The summed E-state index contributed by atoms with van der Waals surface area (Å²) in [5.41, 5.74) is 1.12. The average Bonchev–Trinajstić information content (AvgIpc) is 3.12. The maximum Gasteiger partial charge on any atom is 0.322 e. The number of ketones is 1. The fourth-order valence-electron chi connectivity index (χ4n) is 2.07. The van der Waals surface area contributed by atoms with Crippen LogP contribution in [0.4, 0.5) is 8.78 Å². The molecule has 0 amide bonds. The Morgan fingerprint density at radius 3 is 2.40 bits per heavy atom.